The smallest absolute Gasteiger partial charge is 0.345 e. The molecule has 1 aromatic heterocycles. The number of aliphatic hydroxyl groups excluding tert-OH is 1. The van der Waals surface area contributed by atoms with Crippen LogP contribution in [0.2, 0.25) is 0 Å². The van der Waals surface area contributed by atoms with Crippen LogP contribution >= 0.6 is 11.3 Å². The number of sulfonamides is 1. The second-order valence-electron chi connectivity index (χ2n) is 5.34. The predicted octanol–water partition coefficient (Wildman–Crippen LogP) is 0.838. The Bertz CT molecular complexity index is 638. The number of carbonyl (C=O) groups is 1. The molecule has 1 aliphatic carbocycles. The molecule has 1 aromatic rings. The summed E-state index contributed by atoms with van der Waals surface area (Å²) in [5.41, 5.74) is 0. The van der Waals surface area contributed by atoms with Gasteiger partial charge < -0.3 is 10.2 Å². The fraction of sp³-hybridized carbons (Fsp3) is 0.583. The molecule has 2 N–H and O–H groups in total. The van der Waals surface area contributed by atoms with Crippen LogP contribution in [0, 0.1) is 11.8 Å². The van der Waals surface area contributed by atoms with E-state index in [2.05, 4.69) is 0 Å². The molecule has 2 aliphatic rings. The van der Waals surface area contributed by atoms with E-state index in [9.17, 15) is 18.3 Å². The third-order valence-corrected chi connectivity index (χ3v) is 7.09. The SMILES string of the molecule is O=C(O)c1cc(S(=O)(=O)N2CC3CCC(O)C3C2)cs1. The number of rotatable bonds is 3. The van der Waals surface area contributed by atoms with E-state index >= 15 is 0 Å². The lowest BCUT2D eigenvalue weighted by molar-refractivity contribution is 0.0702. The maximum atomic E-state index is 12.5. The third-order valence-electron chi connectivity index (χ3n) is 4.21. The first kappa shape index (κ1) is 14.0. The van der Waals surface area contributed by atoms with Crippen molar-refractivity contribution >= 4 is 27.3 Å². The van der Waals surface area contributed by atoms with Gasteiger partial charge in [0.05, 0.1) is 11.0 Å². The van der Waals surface area contributed by atoms with E-state index in [0.29, 0.717) is 13.1 Å². The average Bonchev–Trinajstić information content (AvgIpc) is 3.06. The molecule has 2 fully saturated rings. The number of nitrogens with zero attached hydrogens (tertiary/aromatic N) is 1. The molecule has 1 aliphatic heterocycles. The maximum absolute atomic E-state index is 12.5. The van der Waals surface area contributed by atoms with Gasteiger partial charge in [0.15, 0.2) is 0 Å². The van der Waals surface area contributed by atoms with Gasteiger partial charge in [-0.25, -0.2) is 13.2 Å². The second kappa shape index (κ2) is 4.80. The highest BCUT2D eigenvalue weighted by Gasteiger charge is 2.45. The van der Waals surface area contributed by atoms with Crippen molar-refractivity contribution in [3.8, 4) is 0 Å². The highest BCUT2D eigenvalue weighted by atomic mass is 32.2. The molecule has 0 amide bonds. The topological polar surface area (TPSA) is 94.9 Å². The first-order chi connectivity index (χ1) is 9.39. The quantitative estimate of drug-likeness (QED) is 0.861. The Balaban J connectivity index is 1.84. The monoisotopic (exact) mass is 317 g/mol. The van der Waals surface area contributed by atoms with Crippen LogP contribution in [-0.4, -0.2) is 48.1 Å². The molecule has 0 radical (unpaired) electrons. The van der Waals surface area contributed by atoms with Crippen molar-refractivity contribution in [2.24, 2.45) is 11.8 Å². The van der Waals surface area contributed by atoms with E-state index < -0.39 is 22.1 Å². The summed E-state index contributed by atoms with van der Waals surface area (Å²) in [7, 11) is -3.65. The minimum Gasteiger partial charge on any atom is -0.477 e. The lowest BCUT2D eigenvalue weighted by atomic mass is 10.00. The van der Waals surface area contributed by atoms with Gasteiger partial charge >= 0.3 is 5.97 Å². The molecule has 3 rings (SSSR count). The van der Waals surface area contributed by atoms with Gasteiger partial charge in [-0.05, 0) is 24.8 Å². The van der Waals surface area contributed by atoms with Crippen molar-refractivity contribution in [1.29, 1.82) is 0 Å². The Labute approximate surface area is 120 Å². The molecule has 110 valence electrons. The maximum Gasteiger partial charge on any atom is 0.345 e. The number of hydrogen-bond acceptors (Lipinski definition) is 5. The van der Waals surface area contributed by atoms with E-state index in [-0.39, 0.29) is 21.6 Å². The first-order valence-corrected chi connectivity index (χ1v) is 8.71. The van der Waals surface area contributed by atoms with Crippen LogP contribution in [0.15, 0.2) is 16.3 Å². The zero-order valence-electron chi connectivity index (χ0n) is 10.6. The Hall–Kier alpha value is -0.960. The van der Waals surface area contributed by atoms with Crippen LogP contribution in [-0.2, 0) is 10.0 Å². The van der Waals surface area contributed by atoms with Crippen molar-refractivity contribution in [3.63, 3.8) is 0 Å². The van der Waals surface area contributed by atoms with E-state index in [1.54, 1.807) is 0 Å². The second-order valence-corrected chi connectivity index (χ2v) is 8.19. The van der Waals surface area contributed by atoms with Gasteiger partial charge in [0, 0.05) is 24.4 Å². The Kier molecular flexibility index (Phi) is 3.36. The Morgan fingerprint density at radius 3 is 2.70 bits per heavy atom. The molecule has 20 heavy (non-hydrogen) atoms. The third kappa shape index (κ3) is 2.16. The summed E-state index contributed by atoms with van der Waals surface area (Å²) in [4.78, 5) is 10.9. The summed E-state index contributed by atoms with van der Waals surface area (Å²) in [5, 5.41) is 20.1. The molecule has 0 bridgehead atoms. The molecule has 1 saturated heterocycles. The molecule has 3 unspecified atom stereocenters. The summed E-state index contributed by atoms with van der Waals surface area (Å²) >= 11 is 0.910. The van der Waals surface area contributed by atoms with Gasteiger partial charge in [-0.1, -0.05) is 0 Å². The fourth-order valence-electron chi connectivity index (χ4n) is 3.11. The largest absolute Gasteiger partial charge is 0.477 e. The van der Waals surface area contributed by atoms with Crippen LogP contribution in [0.5, 0.6) is 0 Å². The fourth-order valence-corrected chi connectivity index (χ4v) is 5.74. The van der Waals surface area contributed by atoms with Crippen LogP contribution in [0.3, 0.4) is 0 Å². The van der Waals surface area contributed by atoms with Crippen molar-refractivity contribution in [1.82, 2.24) is 4.31 Å². The zero-order valence-corrected chi connectivity index (χ0v) is 12.2. The van der Waals surface area contributed by atoms with Crippen molar-refractivity contribution in [2.45, 2.75) is 23.8 Å². The normalized spacial score (nSPS) is 30.6. The van der Waals surface area contributed by atoms with E-state index in [1.807, 2.05) is 0 Å². The van der Waals surface area contributed by atoms with Gasteiger partial charge in [0.25, 0.3) is 0 Å². The Morgan fingerprint density at radius 1 is 1.35 bits per heavy atom. The van der Waals surface area contributed by atoms with Crippen molar-refractivity contribution in [2.75, 3.05) is 13.1 Å². The number of fused-ring (bicyclic) bond motifs is 1. The minimum atomic E-state index is -3.65. The van der Waals surface area contributed by atoms with Crippen LogP contribution < -0.4 is 0 Å². The summed E-state index contributed by atoms with van der Waals surface area (Å²) in [5.74, 6) is -0.884. The van der Waals surface area contributed by atoms with Gasteiger partial charge in [-0.15, -0.1) is 11.3 Å². The van der Waals surface area contributed by atoms with Crippen molar-refractivity contribution in [3.05, 3.63) is 16.3 Å². The lowest BCUT2D eigenvalue weighted by Gasteiger charge is -2.17. The predicted molar refractivity (Wildman–Crippen MR) is 72.3 cm³/mol. The van der Waals surface area contributed by atoms with E-state index in [1.165, 1.54) is 15.8 Å². The van der Waals surface area contributed by atoms with E-state index in [4.69, 9.17) is 5.11 Å². The number of aliphatic hydroxyl groups is 1. The van der Waals surface area contributed by atoms with Gasteiger partial charge in [0.1, 0.15) is 4.88 Å². The van der Waals surface area contributed by atoms with Crippen molar-refractivity contribution < 1.29 is 23.4 Å². The molecule has 8 heteroatoms. The summed E-state index contributed by atoms with van der Waals surface area (Å²) in [6, 6.07) is 1.20. The van der Waals surface area contributed by atoms with Gasteiger partial charge in [0.2, 0.25) is 10.0 Å². The minimum absolute atomic E-state index is 0.0161. The molecular weight excluding hydrogens is 302 g/mol. The highest BCUT2D eigenvalue weighted by Crippen LogP contribution is 2.40. The van der Waals surface area contributed by atoms with Gasteiger partial charge in [-0.3, -0.25) is 0 Å². The summed E-state index contributed by atoms with van der Waals surface area (Å²) < 4.78 is 26.3. The molecule has 3 atom stereocenters. The van der Waals surface area contributed by atoms with Crippen LogP contribution in [0.25, 0.3) is 0 Å². The number of aromatic carboxylic acids is 1. The number of carboxylic acids is 1. The molecule has 2 heterocycles. The number of hydrogen-bond donors (Lipinski definition) is 2. The van der Waals surface area contributed by atoms with E-state index in [0.717, 1.165) is 24.2 Å². The number of thiophene rings is 1. The first-order valence-electron chi connectivity index (χ1n) is 6.39. The standard InChI is InChI=1S/C12H15NO5S2/c14-10-2-1-7-4-13(5-9(7)10)20(17,18)8-3-11(12(15)16)19-6-8/h3,6-7,9-10,14H,1-2,4-5H2,(H,15,16). The lowest BCUT2D eigenvalue weighted by Crippen LogP contribution is -2.30. The Morgan fingerprint density at radius 2 is 2.10 bits per heavy atom. The molecule has 0 spiro atoms. The average molecular weight is 317 g/mol. The summed E-state index contributed by atoms with van der Waals surface area (Å²) in [6.45, 7) is 0.745. The van der Waals surface area contributed by atoms with Crippen LogP contribution in [0.4, 0.5) is 0 Å². The molecule has 1 saturated carbocycles. The van der Waals surface area contributed by atoms with Gasteiger partial charge in [-0.2, -0.15) is 4.31 Å². The zero-order chi connectivity index (χ0) is 14.5. The summed E-state index contributed by atoms with van der Waals surface area (Å²) in [6.07, 6.45) is 1.17. The van der Waals surface area contributed by atoms with Crippen LogP contribution in [0.1, 0.15) is 22.5 Å². The molecule has 0 aromatic carbocycles. The highest BCUT2D eigenvalue weighted by molar-refractivity contribution is 7.89. The molecule has 6 nitrogen and oxygen atoms in total. The number of carboxylic acid groups (broad SMARTS) is 1. The molecular formula is C12H15NO5S2.